The molecule has 0 aromatic heterocycles. The number of fused-ring (bicyclic) bond motifs is 1. The van der Waals surface area contributed by atoms with Crippen LogP contribution in [0, 0.1) is 0 Å². The minimum Gasteiger partial charge on any atom is -0.492 e. The number of rotatable bonds is 6. The third-order valence-corrected chi connectivity index (χ3v) is 5.02. The molecule has 0 aliphatic carbocycles. The summed E-state index contributed by atoms with van der Waals surface area (Å²) in [6, 6.07) is 15.4. The number of hydrogen-bond donors (Lipinski definition) is 2. The first-order valence-corrected chi connectivity index (χ1v) is 9.54. The van der Waals surface area contributed by atoms with Crippen LogP contribution in [0.3, 0.4) is 0 Å². The molecule has 0 fully saturated rings. The molecule has 1 heterocycles. The van der Waals surface area contributed by atoms with Gasteiger partial charge in [-0.2, -0.15) is 4.79 Å². The third-order valence-electron chi connectivity index (χ3n) is 4.75. The average Bonchev–Trinajstić information content (AvgIpc) is 2.96. The molecule has 0 spiro atoms. The second-order valence-corrected chi connectivity index (χ2v) is 8.03. The molecule has 1 aliphatic rings. The minimum absolute atomic E-state index is 0.198. The van der Waals surface area contributed by atoms with Crippen LogP contribution in [0.2, 0.25) is 0 Å². The molecule has 7 heteroatoms. The van der Waals surface area contributed by atoms with Crippen molar-refractivity contribution in [2.75, 3.05) is 13.2 Å². The van der Waals surface area contributed by atoms with Crippen LogP contribution < -0.4 is 14.6 Å². The summed E-state index contributed by atoms with van der Waals surface area (Å²) in [6.07, 6.45) is -1.08. The van der Waals surface area contributed by atoms with Crippen LogP contribution in [0.5, 0.6) is 5.75 Å². The van der Waals surface area contributed by atoms with Gasteiger partial charge in [-0.25, -0.2) is 0 Å². The number of ether oxygens (including phenoxy) is 1. The lowest BCUT2D eigenvalue weighted by molar-refractivity contribution is 0.107. The van der Waals surface area contributed by atoms with Gasteiger partial charge >= 0.3 is 6.09 Å². The first-order chi connectivity index (χ1) is 13.3. The molecule has 6 nitrogen and oxygen atoms in total. The number of nitrogens with one attached hydrogen (secondary N) is 1. The highest BCUT2D eigenvalue weighted by molar-refractivity contribution is 6.70. The van der Waals surface area contributed by atoms with Crippen molar-refractivity contribution in [2.24, 2.45) is 5.10 Å². The summed E-state index contributed by atoms with van der Waals surface area (Å²) in [5.41, 5.74) is 1.63. The molecule has 2 aromatic rings. The Hall–Kier alpha value is -2.41. The van der Waals surface area contributed by atoms with E-state index >= 15 is 0 Å². The summed E-state index contributed by atoms with van der Waals surface area (Å²) < 4.78 is 5.22. The van der Waals surface area contributed by atoms with Crippen molar-refractivity contribution < 1.29 is 14.6 Å². The maximum Gasteiger partial charge on any atom is 0.546 e. The topological polar surface area (TPSA) is 70.9 Å². The zero-order chi connectivity index (χ0) is 20.4. The van der Waals surface area contributed by atoms with Crippen molar-refractivity contribution in [1.29, 1.82) is 0 Å². The molecule has 0 radical (unpaired) electrons. The van der Waals surface area contributed by atoms with Crippen molar-refractivity contribution >= 4 is 28.6 Å². The fourth-order valence-corrected chi connectivity index (χ4v) is 3.57. The number of quaternary nitrogens is 1. The normalized spacial score (nSPS) is 18.5. The number of hydrogen-bond acceptors (Lipinski definition) is 4. The van der Waals surface area contributed by atoms with Gasteiger partial charge in [0, 0.05) is 19.2 Å². The highest BCUT2D eigenvalue weighted by Gasteiger charge is 2.57. The fraction of sp³-hybridized carbons (Fsp3) is 0.333. The van der Waals surface area contributed by atoms with Crippen LogP contribution in [0.25, 0.3) is 0 Å². The second-order valence-electron chi connectivity index (χ2n) is 7.67. The molecule has 0 saturated heterocycles. The standard InChI is InChI=1S/C21H24ClN3O3/c1-21(2,3)25(20(26)27)18-13-16(9-10-17(18)19(22)24-25)28-12-11-23-14-15-7-5-4-6-8-15/h4-10,13,23H,11-12,14H2,1-3H3/p+1. The minimum atomic E-state index is -1.08. The smallest absolute Gasteiger partial charge is 0.492 e. The molecular weight excluding hydrogens is 378 g/mol. The summed E-state index contributed by atoms with van der Waals surface area (Å²) in [4.78, 5) is 12.2. The van der Waals surface area contributed by atoms with Crippen LogP contribution in [-0.2, 0) is 6.54 Å². The summed E-state index contributed by atoms with van der Waals surface area (Å²) in [5.74, 6) is 0.592. The Balaban J connectivity index is 1.69. The Morgan fingerprint density at radius 3 is 2.57 bits per heavy atom. The SMILES string of the molecule is CC(C)(C)[N+]1(C(=O)O)N=C(Cl)c2ccc(OCCNCc3ccccc3)cc21. The Bertz CT molecular complexity index is 894. The molecule has 1 aliphatic heterocycles. The van der Waals surface area contributed by atoms with E-state index in [2.05, 4.69) is 22.6 Å². The Morgan fingerprint density at radius 1 is 1.21 bits per heavy atom. The van der Waals surface area contributed by atoms with Crippen LogP contribution >= 0.6 is 11.6 Å². The van der Waals surface area contributed by atoms with E-state index in [4.69, 9.17) is 16.3 Å². The van der Waals surface area contributed by atoms with Gasteiger partial charge in [0.05, 0.1) is 5.56 Å². The van der Waals surface area contributed by atoms with Crippen molar-refractivity contribution in [3.8, 4) is 5.75 Å². The Morgan fingerprint density at radius 2 is 1.93 bits per heavy atom. The fourth-order valence-electron chi connectivity index (χ4n) is 3.30. The number of carbonyl (C=O) groups is 1. The quantitative estimate of drug-likeness (QED) is 0.549. The molecular formula is C21H25ClN3O3+. The number of nitrogens with zero attached hydrogens (tertiary/aromatic N) is 2. The highest BCUT2D eigenvalue weighted by atomic mass is 35.5. The first-order valence-electron chi connectivity index (χ1n) is 9.16. The predicted octanol–water partition coefficient (Wildman–Crippen LogP) is 4.55. The van der Waals surface area contributed by atoms with E-state index in [-0.39, 0.29) is 5.17 Å². The number of benzene rings is 2. The summed E-state index contributed by atoms with van der Waals surface area (Å²) >= 11 is 6.25. The number of carboxylic acid groups (broad SMARTS) is 1. The summed E-state index contributed by atoms with van der Waals surface area (Å²) in [5, 5.41) is 17.8. The molecule has 2 aromatic carbocycles. The summed E-state index contributed by atoms with van der Waals surface area (Å²) in [6.45, 7) is 7.37. The van der Waals surface area contributed by atoms with E-state index in [0.717, 1.165) is 6.54 Å². The van der Waals surface area contributed by atoms with Crippen molar-refractivity contribution in [3.63, 3.8) is 0 Å². The van der Waals surface area contributed by atoms with Gasteiger partial charge < -0.3 is 15.2 Å². The molecule has 2 N–H and O–H groups in total. The molecule has 1 amide bonds. The molecule has 148 valence electrons. The first kappa shape index (κ1) is 20.3. The van der Waals surface area contributed by atoms with Crippen molar-refractivity contribution in [3.05, 3.63) is 59.7 Å². The van der Waals surface area contributed by atoms with Gasteiger partial charge in [-0.1, -0.05) is 51.6 Å². The largest absolute Gasteiger partial charge is 0.546 e. The summed E-state index contributed by atoms with van der Waals surface area (Å²) in [7, 11) is 0. The molecule has 28 heavy (non-hydrogen) atoms. The zero-order valence-corrected chi connectivity index (χ0v) is 17.0. The second kappa shape index (κ2) is 7.91. The number of halogens is 1. The highest BCUT2D eigenvalue weighted by Crippen LogP contribution is 2.44. The van der Waals surface area contributed by atoms with Crippen LogP contribution in [0.4, 0.5) is 10.5 Å². The monoisotopic (exact) mass is 402 g/mol. The van der Waals surface area contributed by atoms with Crippen LogP contribution in [0.1, 0.15) is 31.9 Å². The van der Waals surface area contributed by atoms with Gasteiger partial charge in [-0.15, -0.1) is 0 Å². The van der Waals surface area contributed by atoms with Gasteiger partial charge in [0.15, 0.2) is 10.9 Å². The molecule has 0 bridgehead atoms. The molecule has 1 unspecified atom stereocenters. The van der Waals surface area contributed by atoms with E-state index in [1.54, 1.807) is 18.2 Å². The van der Waals surface area contributed by atoms with Crippen molar-refractivity contribution in [2.45, 2.75) is 32.9 Å². The van der Waals surface area contributed by atoms with Crippen LogP contribution in [0.15, 0.2) is 53.6 Å². The van der Waals surface area contributed by atoms with Crippen molar-refractivity contribution in [1.82, 2.24) is 9.91 Å². The maximum atomic E-state index is 12.2. The van der Waals surface area contributed by atoms with E-state index in [1.165, 1.54) is 5.56 Å². The Kier molecular flexibility index (Phi) is 5.74. The van der Waals surface area contributed by atoms with Gasteiger partial charge in [0.25, 0.3) is 0 Å². The Labute approximate surface area is 170 Å². The number of amides is 1. The molecule has 3 rings (SSSR count). The average molecular weight is 403 g/mol. The van der Waals surface area contributed by atoms with E-state index in [0.29, 0.717) is 30.2 Å². The molecule has 0 saturated carbocycles. The van der Waals surface area contributed by atoms with Gasteiger partial charge in [0.1, 0.15) is 17.9 Å². The maximum absolute atomic E-state index is 12.2. The lowest BCUT2D eigenvalue weighted by Crippen LogP contribution is -2.60. The third kappa shape index (κ3) is 3.76. The lowest BCUT2D eigenvalue weighted by Gasteiger charge is -2.35. The van der Waals surface area contributed by atoms with Gasteiger partial charge in [-0.3, -0.25) is 0 Å². The van der Waals surface area contributed by atoms with Gasteiger partial charge in [-0.05, 0) is 38.5 Å². The van der Waals surface area contributed by atoms with Crippen LogP contribution in [-0.4, -0.2) is 35.1 Å². The van der Waals surface area contributed by atoms with E-state index < -0.39 is 16.2 Å². The zero-order valence-electron chi connectivity index (χ0n) is 16.3. The van der Waals surface area contributed by atoms with Gasteiger partial charge in [0.2, 0.25) is 0 Å². The predicted molar refractivity (Wildman–Crippen MR) is 112 cm³/mol. The lowest BCUT2D eigenvalue weighted by atomic mass is 10.0. The van der Waals surface area contributed by atoms with E-state index in [1.807, 2.05) is 39.0 Å². The van der Waals surface area contributed by atoms with E-state index in [9.17, 15) is 9.90 Å². The molecule has 1 atom stereocenters.